The number of hydrogen-bond acceptors (Lipinski definition) is 3. The summed E-state index contributed by atoms with van der Waals surface area (Å²) >= 11 is 12.3. The van der Waals surface area contributed by atoms with Crippen LogP contribution in [0.3, 0.4) is 0 Å². The van der Waals surface area contributed by atoms with E-state index in [-0.39, 0.29) is 6.61 Å². The van der Waals surface area contributed by atoms with Crippen molar-refractivity contribution in [3.05, 3.63) is 57.8 Å². The van der Waals surface area contributed by atoms with Crippen molar-refractivity contribution in [2.75, 3.05) is 0 Å². The largest absolute Gasteiger partial charge is 0.487 e. The highest BCUT2D eigenvalue weighted by Crippen LogP contribution is 2.31. The maximum atomic E-state index is 9.41. The van der Waals surface area contributed by atoms with Crippen LogP contribution in [-0.4, -0.2) is 14.7 Å². The number of aliphatic hydroxyl groups is 1. The van der Waals surface area contributed by atoms with Crippen molar-refractivity contribution in [2.24, 2.45) is 0 Å². The number of aromatic nitrogens is 2. The zero-order valence-corrected chi connectivity index (χ0v) is 14.1. The summed E-state index contributed by atoms with van der Waals surface area (Å²) in [5.41, 5.74) is 2.60. The predicted molar refractivity (Wildman–Crippen MR) is 92.1 cm³/mol. The van der Waals surface area contributed by atoms with Gasteiger partial charge in [-0.15, -0.1) is 0 Å². The SMILES string of the molecule is CCn1c(CO)nc2cc(Cl)c(OCc3cccc(Cl)c3)cc21. The van der Waals surface area contributed by atoms with Crippen molar-refractivity contribution in [3.8, 4) is 5.75 Å². The highest BCUT2D eigenvalue weighted by atomic mass is 35.5. The molecule has 3 aromatic rings. The molecule has 0 radical (unpaired) electrons. The van der Waals surface area contributed by atoms with E-state index in [9.17, 15) is 5.11 Å². The molecule has 0 aliphatic carbocycles. The van der Waals surface area contributed by atoms with E-state index < -0.39 is 0 Å². The monoisotopic (exact) mass is 350 g/mol. The molecule has 0 saturated carbocycles. The topological polar surface area (TPSA) is 47.3 Å². The lowest BCUT2D eigenvalue weighted by molar-refractivity contribution is 0.266. The minimum atomic E-state index is -0.112. The quantitative estimate of drug-likeness (QED) is 0.740. The fourth-order valence-electron chi connectivity index (χ4n) is 2.55. The van der Waals surface area contributed by atoms with Crippen LogP contribution in [0.4, 0.5) is 0 Å². The third kappa shape index (κ3) is 3.29. The summed E-state index contributed by atoms with van der Waals surface area (Å²) < 4.78 is 7.78. The summed E-state index contributed by atoms with van der Waals surface area (Å²) in [5.74, 6) is 1.20. The van der Waals surface area contributed by atoms with Crippen LogP contribution in [0, 0.1) is 0 Å². The molecule has 1 N–H and O–H groups in total. The first-order valence-electron chi connectivity index (χ1n) is 7.29. The van der Waals surface area contributed by atoms with E-state index in [2.05, 4.69) is 4.98 Å². The molecular formula is C17H16Cl2N2O2. The predicted octanol–water partition coefficient (Wildman–Crippen LogP) is 4.43. The van der Waals surface area contributed by atoms with Gasteiger partial charge in [-0.25, -0.2) is 4.98 Å². The fraction of sp³-hybridized carbons (Fsp3) is 0.235. The average Bonchev–Trinajstić information content (AvgIpc) is 2.89. The number of aliphatic hydroxyl groups excluding tert-OH is 1. The van der Waals surface area contributed by atoms with Crippen LogP contribution in [0.15, 0.2) is 36.4 Å². The summed E-state index contributed by atoms with van der Waals surface area (Å²) in [7, 11) is 0. The van der Waals surface area contributed by atoms with Crippen molar-refractivity contribution in [2.45, 2.75) is 26.7 Å². The van der Waals surface area contributed by atoms with E-state index in [1.165, 1.54) is 0 Å². The Hall–Kier alpha value is -1.75. The van der Waals surface area contributed by atoms with Gasteiger partial charge in [0.25, 0.3) is 0 Å². The first-order valence-corrected chi connectivity index (χ1v) is 8.04. The van der Waals surface area contributed by atoms with Gasteiger partial charge in [-0.1, -0.05) is 35.3 Å². The Labute approximate surface area is 144 Å². The molecule has 0 spiro atoms. The van der Waals surface area contributed by atoms with Gasteiger partial charge >= 0.3 is 0 Å². The lowest BCUT2D eigenvalue weighted by Gasteiger charge is -2.10. The van der Waals surface area contributed by atoms with Gasteiger partial charge in [0.15, 0.2) is 0 Å². The summed E-state index contributed by atoms with van der Waals surface area (Å²) in [6, 6.07) is 11.1. The molecule has 6 heteroatoms. The minimum Gasteiger partial charge on any atom is -0.487 e. The summed E-state index contributed by atoms with van der Waals surface area (Å²) in [5, 5.41) is 10.6. The van der Waals surface area contributed by atoms with E-state index in [1.54, 1.807) is 6.07 Å². The zero-order valence-electron chi connectivity index (χ0n) is 12.6. The van der Waals surface area contributed by atoms with Crippen LogP contribution in [0.25, 0.3) is 11.0 Å². The van der Waals surface area contributed by atoms with Crippen LogP contribution in [0.1, 0.15) is 18.3 Å². The van der Waals surface area contributed by atoms with Crippen LogP contribution in [0.2, 0.25) is 10.0 Å². The Morgan fingerprint density at radius 3 is 2.74 bits per heavy atom. The number of fused-ring (bicyclic) bond motifs is 1. The molecule has 4 nitrogen and oxygen atoms in total. The molecule has 1 heterocycles. The molecule has 0 aliphatic rings. The van der Waals surface area contributed by atoms with Crippen LogP contribution in [0.5, 0.6) is 5.75 Å². The van der Waals surface area contributed by atoms with Crippen molar-refractivity contribution < 1.29 is 9.84 Å². The standard InChI is InChI=1S/C17H16Cl2N2O2/c1-2-21-15-8-16(13(19)7-14(15)20-17(21)9-22)23-10-11-4-3-5-12(18)6-11/h3-8,22H,2,9-10H2,1H3. The van der Waals surface area contributed by atoms with E-state index in [4.69, 9.17) is 27.9 Å². The van der Waals surface area contributed by atoms with E-state index in [0.29, 0.717) is 34.8 Å². The van der Waals surface area contributed by atoms with Gasteiger partial charge in [0.05, 0.1) is 16.1 Å². The number of imidazole rings is 1. The molecule has 120 valence electrons. The Morgan fingerprint density at radius 1 is 1.22 bits per heavy atom. The van der Waals surface area contributed by atoms with Crippen LogP contribution < -0.4 is 4.74 Å². The van der Waals surface area contributed by atoms with Gasteiger partial charge in [-0.3, -0.25) is 0 Å². The maximum Gasteiger partial charge on any atom is 0.140 e. The van der Waals surface area contributed by atoms with E-state index in [1.807, 2.05) is 41.8 Å². The highest BCUT2D eigenvalue weighted by Gasteiger charge is 2.13. The number of benzene rings is 2. The van der Waals surface area contributed by atoms with Gasteiger partial charge in [0.1, 0.15) is 24.8 Å². The minimum absolute atomic E-state index is 0.112. The molecule has 0 fully saturated rings. The molecule has 3 rings (SSSR count). The van der Waals surface area contributed by atoms with Crippen molar-refractivity contribution in [1.82, 2.24) is 9.55 Å². The molecule has 1 aromatic heterocycles. The van der Waals surface area contributed by atoms with Crippen molar-refractivity contribution in [3.63, 3.8) is 0 Å². The molecule has 2 aromatic carbocycles. The van der Waals surface area contributed by atoms with E-state index in [0.717, 1.165) is 16.6 Å². The van der Waals surface area contributed by atoms with Crippen molar-refractivity contribution >= 4 is 34.2 Å². The van der Waals surface area contributed by atoms with Gasteiger partial charge in [-0.2, -0.15) is 0 Å². The number of nitrogens with zero attached hydrogens (tertiary/aromatic N) is 2. The second kappa shape index (κ2) is 6.79. The average molecular weight is 351 g/mol. The Kier molecular flexibility index (Phi) is 4.76. The Bertz CT molecular complexity index is 846. The normalized spacial score (nSPS) is 11.1. The molecule has 0 aliphatic heterocycles. The lowest BCUT2D eigenvalue weighted by atomic mass is 10.2. The molecule has 23 heavy (non-hydrogen) atoms. The van der Waals surface area contributed by atoms with Gasteiger partial charge in [0.2, 0.25) is 0 Å². The Balaban J connectivity index is 1.92. The third-order valence-electron chi connectivity index (χ3n) is 3.62. The van der Waals surface area contributed by atoms with Gasteiger partial charge in [0, 0.05) is 17.6 Å². The highest BCUT2D eigenvalue weighted by molar-refractivity contribution is 6.32. The lowest BCUT2D eigenvalue weighted by Crippen LogP contribution is -2.01. The fourth-order valence-corrected chi connectivity index (χ4v) is 2.97. The van der Waals surface area contributed by atoms with E-state index >= 15 is 0 Å². The summed E-state index contributed by atoms with van der Waals surface area (Å²) in [6.07, 6.45) is 0. The molecule has 0 atom stereocenters. The first kappa shape index (κ1) is 16.1. The Morgan fingerprint density at radius 2 is 2.04 bits per heavy atom. The number of aryl methyl sites for hydroxylation is 1. The number of halogens is 2. The molecule has 0 amide bonds. The molecule has 0 bridgehead atoms. The second-order valence-corrected chi connectivity index (χ2v) is 5.96. The van der Waals surface area contributed by atoms with Crippen LogP contribution in [-0.2, 0) is 19.8 Å². The smallest absolute Gasteiger partial charge is 0.140 e. The maximum absolute atomic E-state index is 9.41. The number of rotatable bonds is 5. The van der Waals surface area contributed by atoms with Gasteiger partial charge in [-0.05, 0) is 30.7 Å². The summed E-state index contributed by atoms with van der Waals surface area (Å²) in [6.45, 7) is 2.97. The summed E-state index contributed by atoms with van der Waals surface area (Å²) in [4.78, 5) is 4.39. The van der Waals surface area contributed by atoms with Crippen molar-refractivity contribution in [1.29, 1.82) is 0 Å². The van der Waals surface area contributed by atoms with Gasteiger partial charge < -0.3 is 14.4 Å². The third-order valence-corrected chi connectivity index (χ3v) is 4.15. The molecular weight excluding hydrogens is 335 g/mol. The number of hydrogen-bond donors (Lipinski definition) is 1. The zero-order chi connectivity index (χ0) is 16.4. The van der Waals surface area contributed by atoms with Crippen LogP contribution >= 0.6 is 23.2 Å². The second-order valence-electron chi connectivity index (χ2n) is 5.12. The molecule has 0 unspecified atom stereocenters. The first-order chi connectivity index (χ1) is 11.1. The number of ether oxygens (including phenoxy) is 1. The molecule has 0 saturated heterocycles.